The summed E-state index contributed by atoms with van der Waals surface area (Å²) in [6.07, 6.45) is 1.67. The number of carbonyl (C=O) groups is 1. The van der Waals surface area contributed by atoms with Crippen molar-refractivity contribution in [1.29, 1.82) is 0 Å². The van der Waals surface area contributed by atoms with Gasteiger partial charge in [-0.05, 0) is 19.1 Å². The predicted molar refractivity (Wildman–Crippen MR) is 65.1 cm³/mol. The number of ether oxygens (including phenoxy) is 1. The summed E-state index contributed by atoms with van der Waals surface area (Å²) in [6, 6.07) is 3.71. The molecule has 0 saturated carbocycles. The van der Waals surface area contributed by atoms with Crippen LogP contribution in [0.1, 0.15) is 17.4 Å². The molecular formula is C12H17N3O2. The molecule has 1 aliphatic rings. The van der Waals surface area contributed by atoms with Crippen LogP contribution in [-0.4, -0.2) is 48.6 Å². The highest BCUT2D eigenvalue weighted by atomic mass is 16.5. The summed E-state index contributed by atoms with van der Waals surface area (Å²) < 4.78 is 5.31. The van der Waals surface area contributed by atoms with E-state index in [2.05, 4.69) is 10.3 Å². The van der Waals surface area contributed by atoms with Crippen LogP contribution in [-0.2, 0) is 4.74 Å². The third-order valence-electron chi connectivity index (χ3n) is 2.90. The Balaban J connectivity index is 2.12. The summed E-state index contributed by atoms with van der Waals surface area (Å²) >= 11 is 0. The standard InChI is InChI=1S/C12H17N3O2/c1-9-8-17-6-5-15(9)12(16)11-4-3-10(13-2)7-14-11/h3-4,7,9,13H,5-6,8H2,1-2H3. The monoisotopic (exact) mass is 235 g/mol. The Labute approximate surface area is 101 Å². The SMILES string of the molecule is CNc1ccc(C(=O)N2CCOCC2C)nc1. The molecule has 2 heterocycles. The molecule has 0 bridgehead atoms. The maximum Gasteiger partial charge on any atom is 0.272 e. The van der Waals surface area contributed by atoms with E-state index < -0.39 is 0 Å². The van der Waals surface area contributed by atoms with Gasteiger partial charge in [0.15, 0.2) is 0 Å². The smallest absolute Gasteiger partial charge is 0.272 e. The summed E-state index contributed by atoms with van der Waals surface area (Å²) in [7, 11) is 1.82. The molecule has 1 aromatic heterocycles. The molecule has 1 aliphatic heterocycles. The summed E-state index contributed by atoms with van der Waals surface area (Å²) in [5, 5.41) is 2.97. The molecule has 1 atom stereocenters. The van der Waals surface area contributed by atoms with Crippen LogP contribution in [0.2, 0.25) is 0 Å². The number of rotatable bonds is 2. The van der Waals surface area contributed by atoms with E-state index in [4.69, 9.17) is 4.74 Å². The maximum atomic E-state index is 12.2. The van der Waals surface area contributed by atoms with Gasteiger partial charge >= 0.3 is 0 Å². The van der Waals surface area contributed by atoms with Gasteiger partial charge in [-0.1, -0.05) is 0 Å². The number of carbonyl (C=O) groups excluding carboxylic acids is 1. The van der Waals surface area contributed by atoms with Crippen LogP contribution >= 0.6 is 0 Å². The zero-order valence-corrected chi connectivity index (χ0v) is 10.1. The van der Waals surface area contributed by atoms with Gasteiger partial charge < -0.3 is 15.0 Å². The topological polar surface area (TPSA) is 54.5 Å². The first-order valence-electron chi connectivity index (χ1n) is 5.75. The first kappa shape index (κ1) is 11.9. The Morgan fingerprint density at radius 2 is 2.41 bits per heavy atom. The molecule has 1 fully saturated rings. The van der Waals surface area contributed by atoms with Gasteiger partial charge in [-0.3, -0.25) is 4.79 Å². The van der Waals surface area contributed by atoms with Crippen molar-refractivity contribution in [3.05, 3.63) is 24.0 Å². The predicted octanol–water partition coefficient (Wildman–Crippen LogP) is 0.984. The van der Waals surface area contributed by atoms with E-state index in [1.54, 1.807) is 12.3 Å². The lowest BCUT2D eigenvalue weighted by Gasteiger charge is -2.33. The van der Waals surface area contributed by atoms with Gasteiger partial charge in [-0.25, -0.2) is 4.98 Å². The summed E-state index contributed by atoms with van der Waals surface area (Å²) in [6.45, 7) is 3.82. The van der Waals surface area contributed by atoms with Crippen molar-refractivity contribution in [2.24, 2.45) is 0 Å². The number of nitrogens with one attached hydrogen (secondary N) is 1. The molecule has 1 N–H and O–H groups in total. The Morgan fingerprint density at radius 3 is 3.00 bits per heavy atom. The van der Waals surface area contributed by atoms with Gasteiger partial charge in [0.05, 0.1) is 31.1 Å². The zero-order valence-electron chi connectivity index (χ0n) is 10.1. The Hall–Kier alpha value is -1.62. The van der Waals surface area contributed by atoms with Crippen molar-refractivity contribution in [2.75, 3.05) is 32.1 Å². The van der Waals surface area contributed by atoms with Crippen LogP contribution in [0.4, 0.5) is 5.69 Å². The molecule has 1 amide bonds. The molecule has 0 spiro atoms. The van der Waals surface area contributed by atoms with Crippen molar-refractivity contribution in [3.8, 4) is 0 Å². The molecule has 1 saturated heterocycles. The second-order valence-electron chi connectivity index (χ2n) is 4.10. The van der Waals surface area contributed by atoms with Gasteiger partial charge in [-0.2, -0.15) is 0 Å². The van der Waals surface area contributed by atoms with Crippen LogP contribution in [0.3, 0.4) is 0 Å². The number of amides is 1. The van der Waals surface area contributed by atoms with E-state index in [0.29, 0.717) is 25.5 Å². The molecule has 0 aliphatic carbocycles. The average Bonchev–Trinajstić information content (AvgIpc) is 2.39. The first-order valence-corrected chi connectivity index (χ1v) is 5.75. The quantitative estimate of drug-likeness (QED) is 0.830. The molecule has 1 aromatic rings. The molecule has 1 unspecified atom stereocenters. The number of morpholine rings is 1. The third kappa shape index (κ3) is 2.55. The van der Waals surface area contributed by atoms with E-state index in [1.807, 2.05) is 24.9 Å². The normalized spacial score (nSPS) is 20.1. The minimum absolute atomic E-state index is 0.0246. The Kier molecular flexibility index (Phi) is 3.58. The van der Waals surface area contributed by atoms with Gasteiger partial charge in [0.25, 0.3) is 5.91 Å². The van der Waals surface area contributed by atoms with E-state index in [1.165, 1.54) is 0 Å². The minimum atomic E-state index is -0.0246. The summed E-state index contributed by atoms with van der Waals surface area (Å²) in [4.78, 5) is 18.2. The van der Waals surface area contributed by atoms with Crippen LogP contribution < -0.4 is 5.32 Å². The highest BCUT2D eigenvalue weighted by Crippen LogP contribution is 2.12. The number of aromatic nitrogens is 1. The Morgan fingerprint density at radius 1 is 1.59 bits per heavy atom. The molecule has 92 valence electrons. The van der Waals surface area contributed by atoms with Crippen LogP contribution in [0, 0.1) is 0 Å². The van der Waals surface area contributed by atoms with Crippen molar-refractivity contribution in [1.82, 2.24) is 9.88 Å². The van der Waals surface area contributed by atoms with Crippen LogP contribution in [0.15, 0.2) is 18.3 Å². The second-order valence-corrected chi connectivity index (χ2v) is 4.10. The number of pyridine rings is 1. The van der Waals surface area contributed by atoms with Crippen molar-refractivity contribution in [3.63, 3.8) is 0 Å². The molecular weight excluding hydrogens is 218 g/mol. The maximum absolute atomic E-state index is 12.2. The fraction of sp³-hybridized carbons (Fsp3) is 0.500. The molecule has 17 heavy (non-hydrogen) atoms. The number of hydrogen-bond acceptors (Lipinski definition) is 4. The van der Waals surface area contributed by atoms with Gasteiger partial charge in [0, 0.05) is 13.6 Å². The highest BCUT2D eigenvalue weighted by molar-refractivity contribution is 5.92. The molecule has 0 aromatic carbocycles. The third-order valence-corrected chi connectivity index (χ3v) is 2.90. The van der Waals surface area contributed by atoms with Gasteiger partial charge in [0.1, 0.15) is 5.69 Å². The summed E-state index contributed by atoms with van der Waals surface area (Å²) in [5.74, 6) is -0.0246. The fourth-order valence-corrected chi connectivity index (χ4v) is 1.84. The number of anilines is 1. The van der Waals surface area contributed by atoms with Crippen LogP contribution in [0.5, 0.6) is 0 Å². The molecule has 5 nitrogen and oxygen atoms in total. The lowest BCUT2D eigenvalue weighted by Crippen LogP contribution is -2.47. The van der Waals surface area contributed by atoms with Gasteiger partial charge in [0.2, 0.25) is 0 Å². The van der Waals surface area contributed by atoms with E-state index in [-0.39, 0.29) is 11.9 Å². The molecule has 5 heteroatoms. The molecule has 0 radical (unpaired) electrons. The lowest BCUT2D eigenvalue weighted by molar-refractivity contribution is 0.00327. The average molecular weight is 235 g/mol. The zero-order chi connectivity index (χ0) is 12.3. The van der Waals surface area contributed by atoms with Crippen LogP contribution in [0.25, 0.3) is 0 Å². The van der Waals surface area contributed by atoms with E-state index in [0.717, 1.165) is 5.69 Å². The van der Waals surface area contributed by atoms with Crippen molar-refractivity contribution >= 4 is 11.6 Å². The lowest BCUT2D eigenvalue weighted by atomic mass is 10.2. The van der Waals surface area contributed by atoms with Crippen molar-refractivity contribution in [2.45, 2.75) is 13.0 Å². The van der Waals surface area contributed by atoms with Gasteiger partial charge in [-0.15, -0.1) is 0 Å². The largest absolute Gasteiger partial charge is 0.387 e. The molecule has 2 rings (SSSR count). The first-order chi connectivity index (χ1) is 8.22. The fourth-order valence-electron chi connectivity index (χ4n) is 1.84. The van der Waals surface area contributed by atoms with E-state index >= 15 is 0 Å². The summed E-state index contributed by atoms with van der Waals surface area (Å²) in [5.41, 5.74) is 1.38. The number of hydrogen-bond donors (Lipinski definition) is 1. The number of nitrogens with zero attached hydrogens (tertiary/aromatic N) is 2. The second kappa shape index (κ2) is 5.14. The highest BCUT2D eigenvalue weighted by Gasteiger charge is 2.25. The Bertz CT molecular complexity index is 391. The van der Waals surface area contributed by atoms with E-state index in [9.17, 15) is 4.79 Å². The minimum Gasteiger partial charge on any atom is -0.387 e. The van der Waals surface area contributed by atoms with Crippen molar-refractivity contribution < 1.29 is 9.53 Å².